The quantitative estimate of drug-likeness (QED) is 0.158. The Labute approximate surface area is 352 Å². The molecule has 8 aromatic rings. The fourth-order valence-electron chi connectivity index (χ4n) is 6.04. The first-order chi connectivity index (χ1) is 27.4. The van der Waals surface area contributed by atoms with Crippen LogP contribution in [0.1, 0.15) is 37.3 Å². The van der Waals surface area contributed by atoms with Crippen LogP contribution in [0, 0.1) is 0 Å². The van der Waals surface area contributed by atoms with E-state index in [2.05, 4.69) is 25.3 Å². The zero-order chi connectivity index (χ0) is 40.6. The average Bonchev–Trinajstić information content (AvgIpc) is 3.19. The third-order valence-corrected chi connectivity index (χ3v) is 9.84. The van der Waals surface area contributed by atoms with E-state index in [-0.39, 0.29) is 23.2 Å². The van der Waals surface area contributed by atoms with Gasteiger partial charge in [0.1, 0.15) is 33.9 Å². The summed E-state index contributed by atoms with van der Waals surface area (Å²) in [5.41, 5.74) is 8.84. The first-order valence-electron chi connectivity index (χ1n) is 17.3. The SMILES string of the molecule is C[C@H](N)c1cc2cccc(Cl)c2c(=O)n1-c1ccccc1.C[C@H](Nc1cc(Cl)ncn1)c1cc2cccc(Cl)c2c(=O)n1-c1ccccc1.Clc1cc(Cl)ncn1. The zero-order valence-corrected chi connectivity index (χ0v) is 34.1. The minimum atomic E-state index is -0.263. The zero-order valence-electron chi connectivity index (χ0n) is 30.3. The number of halogens is 5. The van der Waals surface area contributed by atoms with Crippen LogP contribution < -0.4 is 22.2 Å². The molecule has 2 atom stereocenters. The second-order valence-electron chi connectivity index (χ2n) is 12.5. The number of hydrogen-bond acceptors (Lipinski definition) is 8. The van der Waals surface area contributed by atoms with Crippen molar-refractivity contribution in [2.75, 3.05) is 5.32 Å². The van der Waals surface area contributed by atoms with Gasteiger partial charge in [0, 0.05) is 40.9 Å². The van der Waals surface area contributed by atoms with Crippen molar-refractivity contribution in [1.82, 2.24) is 29.1 Å². The van der Waals surface area contributed by atoms with E-state index in [0.717, 1.165) is 33.5 Å². The van der Waals surface area contributed by atoms with Crippen LogP contribution in [-0.4, -0.2) is 29.1 Å². The van der Waals surface area contributed by atoms with Gasteiger partial charge >= 0.3 is 0 Å². The molecule has 0 unspecified atom stereocenters. The van der Waals surface area contributed by atoms with Crippen LogP contribution in [0.3, 0.4) is 0 Å². The highest BCUT2D eigenvalue weighted by molar-refractivity contribution is 6.36. The molecule has 8 rings (SSSR count). The Morgan fingerprint density at radius 2 is 0.982 bits per heavy atom. The molecule has 4 heterocycles. The third-order valence-electron chi connectivity index (χ3n) is 8.59. The van der Waals surface area contributed by atoms with Crippen molar-refractivity contribution in [2.45, 2.75) is 25.9 Å². The van der Waals surface area contributed by atoms with Crippen molar-refractivity contribution in [3.63, 3.8) is 0 Å². The van der Waals surface area contributed by atoms with Gasteiger partial charge in [0.2, 0.25) is 0 Å². The number of para-hydroxylation sites is 2. The number of anilines is 1. The van der Waals surface area contributed by atoms with E-state index in [0.29, 0.717) is 42.1 Å². The smallest absolute Gasteiger partial charge is 0.264 e. The van der Waals surface area contributed by atoms with Crippen LogP contribution in [0.4, 0.5) is 5.82 Å². The summed E-state index contributed by atoms with van der Waals surface area (Å²) in [7, 11) is 0. The number of rotatable bonds is 6. The van der Waals surface area contributed by atoms with Gasteiger partial charge < -0.3 is 11.1 Å². The van der Waals surface area contributed by atoms with Gasteiger partial charge in [-0.3, -0.25) is 18.7 Å². The van der Waals surface area contributed by atoms with Crippen molar-refractivity contribution < 1.29 is 0 Å². The Balaban J connectivity index is 0.000000166. The molecule has 0 saturated heterocycles. The lowest BCUT2D eigenvalue weighted by molar-refractivity contribution is 0.734. The highest BCUT2D eigenvalue weighted by atomic mass is 35.5. The Hall–Kier alpha value is -5.33. The fraction of sp³-hybridized carbons (Fsp3) is 0.0952. The number of nitrogens with two attached hydrogens (primary N) is 1. The van der Waals surface area contributed by atoms with E-state index in [1.807, 2.05) is 111 Å². The van der Waals surface area contributed by atoms with Crippen LogP contribution in [0.25, 0.3) is 32.9 Å². The maximum atomic E-state index is 13.4. The lowest BCUT2D eigenvalue weighted by atomic mass is 10.1. The number of fused-ring (bicyclic) bond motifs is 2. The molecular weight excluding hydrogens is 826 g/mol. The van der Waals surface area contributed by atoms with Crippen molar-refractivity contribution >= 4 is 85.4 Å². The number of hydrogen-bond donors (Lipinski definition) is 2. The van der Waals surface area contributed by atoms with Gasteiger partial charge in [-0.05, 0) is 73.2 Å². The van der Waals surface area contributed by atoms with Crippen LogP contribution in [0.2, 0.25) is 25.5 Å². The van der Waals surface area contributed by atoms with Crippen LogP contribution >= 0.6 is 58.0 Å². The first-order valence-corrected chi connectivity index (χ1v) is 19.2. The Morgan fingerprint density at radius 3 is 1.42 bits per heavy atom. The normalized spacial score (nSPS) is 11.9. The lowest BCUT2D eigenvalue weighted by Crippen LogP contribution is -2.25. The van der Waals surface area contributed by atoms with Gasteiger partial charge in [-0.1, -0.05) is 119 Å². The maximum Gasteiger partial charge on any atom is 0.264 e. The number of nitrogens with zero attached hydrogens (tertiary/aromatic N) is 6. The Morgan fingerprint density at radius 1 is 0.544 bits per heavy atom. The molecule has 0 saturated carbocycles. The summed E-state index contributed by atoms with van der Waals surface area (Å²) in [4.78, 5) is 41.6. The molecule has 4 aromatic carbocycles. The lowest BCUT2D eigenvalue weighted by Gasteiger charge is -2.21. The topological polar surface area (TPSA) is 134 Å². The molecule has 3 N–H and O–H groups in total. The van der Waals surface area contributed by atoms with Gasteiger partial charge in [-0.15, -0.1) is 0 Å². The molecule has 288 valence electrons. The molecule has 0 bridgehead atoms. The minimum Gasteiger partial charge on any atom is -0.362 e. The average molecular weight is 859 g/mol. The van der Waals surface area contributed by atoms with E-state index < -0.39 is 0 Å². The molecule has 0 amide bonds. The summed E-state index contributed by atoms with van der Waals surface area (Å²) in [6, 6.07) is 36.4. The molecule has 4 aromatic heterocycles. The van der Waals surface area contributed by atoms with Crippen molar-refractivity contribution in [3.8, 4) is 11.4 Å². The molecule has 15 heteroatoms. The number of pyridine rings is 2. The van der Waals surface area contributed by atoms with Crippen LogP contribution in [0.15, 0.2) is 144 Å². The number of aromatic nitrogens is 6. The van der Waals surface area contributed by atoms with Gasteiger partial charge in [0.05, 0.1) is 26.9 Å². The molecule has 0 aliphatic carbocycles. The summed E-state index contributed by atoms with van der Waals surface area (Å²) in [6.07, 6.45) is 2.70. The second kappa shape index (κ2) is 18.7. The minimum absolute atomic E-state index is 0.142. The molecule has 0 aliphatic heterocycles. The largest absolute Gasteiger partial charge is 0.362 e. The number of benzene rings is 4. The molecule has 0 spiro atoms. The molecule has 0 aliphatic rings. The van der Waals surface area contributed by atoms with Crippen LogP contribution in [-0.2, 0) is 0 Å². The summed E-state index contributed by atoms with van der Waals surface area (Å²) in [6.45, 7) is 3.82. The highest BCUT2D eigenvalue weighted by Crippen LogP contribution is 2.28. The Kier molecular flexibility index (Phi) is 13.6. The van der Waals surface area contributed by atoms with E-state index in [1.165, 1.54) is 18.7 Å². The first kappa shape index (κ1) is 41.3. The van der Waals surface area contributed by atoms with Crippen LogP contribution in [0.5, 0.6) is 0 Å². The molecule has 0 fully saturated rings. The molecule has 57 heavy (non-hydrogen) atoms. The fourth-order valence-corrected chi connectivity index (χ4v) is 7.06. The highest BCUT2D eigenvalue weighted by Gasteiger charge is 2.19. The predicted molar refractivity (Wildman–Crippen MR) is 233 cm³/mol. The molecule has 10 nitrogen and oxygen atoms in total. The van der Waals surface area contributed by atoms with E-state index in [9.17, 15) is 9.59 Å². The van der Waals surface area contributed by atoms with Crippen molar-refractivity contribution in [3.05, 3.63) is 192 Å². The van der Waals surface area contributed by atoms with E-state index in [4.69, 9.17) is 63.7 Å². The van der Waals surface area contributed by atoms with Gasteiger partial charge in [0.15, 0.2) is 0 Å². The predicted octanol–water partition coefficient (Wildman–Crippen LogP) is 10.7. The Bertz CT molecular complexity index is 2770. The third kappa shape index (κ3) is 9.80. The van der Waals surface area contributed by atoms with Gasteiger partial charge in [-0.25, -0.2) is 19.9 Å². The molecular formula is C42H33Cl5N8O2. The summed E-state index contributed by atoms with van der Waals surface area (Å²) in [5, 5.41) is 7.86. The monoisotopic (exact) mass is 856 g/mol. The summed E-state index contributed by atoms with van der Waals surface area (Å²) < 4.78 is 3.31. The second-order valence-corrected chi connectivity index (χ2v) is 14.5. The van der Waals surface area contributed by atoms with Gasteiger partial charge in [-0.2, -0.15) is 0 Å². The number of nitrogens with one attached hydrogen (secondary N) is 1. The van der Waals surface area contributed by atoms with E-state index in [1.54, 1.807) is 27.3 Å². The summed E-state index contributed by atoms with van der Waals surface area (Å²) in [5.74, 6) is 0.575. The van der Waals surface area contributed by atoms with Crippen molar-refractivity contribution in [1.29, 1.82) is 0 Å². The standard InChI is InChI=1S/C21H16Cl2N4O.C17H15ClN2O.C4H2Cl2N2/c1-13(26-19-11-18(23)24-12-25-19)17-10-14-6-5-9-16(22)20(14)21(28)27(17)15-7-3-2-4-8-15;1-11(19)15-10-12-6-5-9-14(18)16(12)17(21)20(15)13-7-3-2-4-8-13;5-3-1-4(6)8-2-7-3/h2-13H,1H3,(H,24,25,26);2-11H,19H2,1H3;1-2H/t13-;11-;/m00./s1. The van der Waals surface area contributed by atoms with E-state index >= 15 is 0 Å². The van der Waals surface area contributed by atoms with Gasteiger partial charge in [0.25, 0.3) is 11.1 Å². The summed E-state index contributed by atoms with van der Waals surface area (Å²) >= 11 is 29.3. The van der Waals surface area contributed by atoms with Crippen molar-refractivity contribution in [2.24, 2.45) is 5.73 Å². The maximum absolute atomic E-state index is 13.4. The molecule has 0 radical (unpaired) electrons.